The van der Waals surface area contributed by atoms with E-state index in [1.165, 1.54) is 11.1 Å². The Bertz CT molecular complexity index is 476. The van der Waals surface area contributed by atoms with Gasteiger partial charge in [-0.05, 0) is 32.8 Å². The molecule has 3 rings (SSSR count). The fourth-order valence-corrected chi connectivity index (χ4v) is 2.93. The molecule has 0 aromatic heterocycles. The third kappa shape index (κ3) is 2.63. The van der Waals surface area contributed by atoms with Gasteiger partial charge in [-0.15, -0.1) is 0 Å². The Morgan fingerprint density at radius 3 is 2.84 bits per heavy atom. The molecular formula is C16H23NO2. The molecule has 1 saturated heterocycles. The largest absolute Gasteiger partial charge is 0.487 e. The number of para-hydroxylation sites is 1. The average Bonchev–Trinajstić information content (AvgIpc) is 2.89. The van der Waals surface area contributed by atoms with Gasteiger partial charge in [0, 0.05) is 30.7 Å². The van der Waals surface area contributed by atoms with Crippen LogP contribution in [0.3, 0.4) is 0 Å². The summed E-state index contributed by atoms with van der Waals surface area (Å²) in [6.07, 6.45) is 2.07. The lowest BCUT2D eigenvalue weighted by molar-refractivity contribution is 0.136. The second-order valence-corrected chi connectivity index (χ2v) is 6.66. The summed E-state index contributed by atoms with van der Waals surface area (Å²) < 4.78 is 11.6. The molecule has 2 heterocycles. The van der Waals surface area contributed by atoms with Gasteiger partial charge in [-0.2, -0.15) is 0 Å². The smallest absolute Gasteiger partial charge is 0.127 e. The molecule has 1 aromatic carbocycles. The Labute approximate surface area is 115 Å². The Morgan fingerprint density at radius 2 is 2.11 bits per heavy atom. The molecule has 1 fully saturated rings. The normalized spacial score (nSPS) is 28.2. The summed E-state index contributed by atoms with van der Waals surface area (Å²) in [6, 6.07) is 6.47. The minimum Gasteiger partial charge on any atom is -0.487 e. The lowest BCUT2D eigenvalue weighted by Gasteiger charge is -2.24. The van der Waals surface area contributed by atoms with Crippen LogP contribution >= 0.6 is 0 Å². The van der Waals surface area contributed by atoms with E-state index >= 15 is 0 Å². The molecule has 104 valence electrons. The summed E-state index contributed by atoms with van der Waals surface area (Å²) in [7, 11) is 0. The second-order valence-electron chi connectivity index (χ2n) is 6.66. The van der Waals surface area contributed by atoms with E-state index in [2.05, 4.69) is 44.3 Å². The Hall–Kier alpha value is -1.06. The van der Waals surface area contributed by atoms with Gasteiger partial charge in [-0.3, -0.25) is 0 Å². The molecule has 0 spiro atoms. The molecule has 0 radical (unpaired) electrons. The van der Waals surface area contributed by atoms with E-state index in [-0.39, 0.29) is 11.1 Å². The van der Waals surface area contributed by atoms with E-state index in [0.717, 1.165) is 38.3 Å². The summed E-state index contributed by atoms with van der Waals surface area (Å²) in [5, 5.41) is 3.63. The van der Waals surface area contributed by atoms with Crippen molar-refractivity contribution in [2.75, 3.05) is 13.2 Å². The van der Waals surface area contributed by atoms with Crippen LogP contribution in [-0.2, 0) is 17.7 Å². The van der Waals surface area contributed by atoms with Gasteiger partial charge in [0.1, 0.15) is 11.4 Å². The molecule has 2 aliphatic rings. The summed E-state index contributed by atoms with van der Waals surface area (Å²) in [4.78, 5) is 0. The van der Waals surface area contributed by atoms with Crippen LogP contribution < -0.4 is 10.1 Å². The van der Waals surface area contributed by atoms with Crippen molar-refractivity contribution in [3.63, 3.8) is 0 Å². The van der Waals surface area contributed by atoms with Gasteiger partial charge in [0.15, 0.2) is 0 Å². The molecule has 0 amide bonds. The zero-order valence-corrected chi connectivity index (χ0v) is 12.1. The molecular weight excluding hydrogens is 238 g/mol. The SMILES string of the molecule is CC1(NCc2cccc3c2OC(C)(C)C3)CCOC1. The summed E-state index contributed by atoms with van der Waals surface area (Å²) in [6.45, 7) is 9.04. The topological polar surface area (TPSA) is 30.5 Å². The van der Waals surface area contributed by atoms with Crippen molar-refractivity contribution in [3.8, 4) is 5.75 Å². The quantitative estimate of drug-likeness (QED) is 0.907. The minimum atomic E-state index is -0.0706. The average molecular weight is 261 g/mol. The molecule has 0 saturated carbocycles. The molecule has 1 N–H and O–H groups in total. The monoisotopic (exact) mass is 261 g/mol. The third-order valence-corrected chi connectivity index (χ3v) is 4.10. The van der Waals surface area contributed by atoms with Crippen LogP contribution in [-0.4, -0.2) is 24.4 Å². The van der Waals surface area contributed by atoms with Crippen LogP contribution in [0.15, 0.2) is 18.2 Å². The molecule has 3 nitrogen and oxygen atoms in total. The lowest BCUT2D eigenvalue weighted by atomic mass is 9.99. The maximum absolute atomic E-state index is 6.10. The molecule has 1 atom stereocenters. The van der Waals surface area contributed by atoms with Crippen molar-refractivity contribution in [1.29, 1.82) is 0 Å². The van der Waals surface area contributed by atoms with E-state index in [1.54, 1.807) is 0 Å². The summed E-state index contributed by atoms with van der Waals surface area (Å²) in [5.41, 5.74) is 2.63. The minimum absolute atomic E-state index is 0.0706. The Kier molecular flexibility index (Phi) is 3.06. The number of nitrogens with one attached hydrogen (secondary N) is 1. The number of benzene rings is 1. The number of fused-ring (bicyclic) bond motifs is 1. The highest BCUT2D eigenvalue weighted by atomic mass is 16.5. The van der Waals surface area contributed by atoms with Gasteiger partial charge < -0.3 is 14.8 Å². The number of hydrogen-bond donors (Lipinski definition) is 1. The molecule has 2 aliphatic heterocycles. The molecule has 19 heavy (non-hydrogen) atoms. The fraction of sp³-hybridized carbons (Fsp3) is 0.625. The Morgan fingerprint density at radius 1 is 1.26 bits per heavy atom. The van der Waals surface area contributed by atoms with Gasteiger partial charge in [0.05, 0.1) is 6.61 Å². The van der Waals surface area contributed by atoms with Crippen LogP contribution in [0.4, 0.5) is 0 Å². The van der Waals surface area contributed by atoms with Crippen LogP contribution in [0.2, 0.25) is 0 Å². The number of hydrogen-bond acceptors (Lipinski definition) is 3. The van der Waals surface area contributed by atoms with Gasteiger partial charge in [0.25, 0.3) is 0 Å². The lowest BCUT2D eigenvalue weighted by Crippen LogP contribution is -2.42. The molecule has 0 aliphatic carbocycles. The molecule has 0 bridgehead atoms. The first-order valence-corrected chi connectivity index (χ1v) is 7.10. The van der Waals surface area contributed by atoms with Crippen LogP contribution in [0, 0.1) is 0 Å². The van der Waals surface area contributed by atoms with Crippen LogP contribution in [0.1, 0.15) is 38.3 Å². The highest BCUT2D eigenvalue weighted by molar-refractivity contribution is 5.45. The Balaban J connectivity index is 1.75. The maximum Gasteiger partial charge on any atom is 0.127 e. The molecule has 1 unspecified atom stereocenters. The van der Waals surface area contributed by atoms with Crippen LogP contribution in [0.5, 0.6) is 5.75 Å². The van der Waals surface area contributed by atoms with Crippen molar-refractivity contribution in [2.45, 2.75) is 51.3 Å². The van der Waals surface area contributed by atoms with Crippen molar-refractivity contribution in [3.05, 3.63) is 29.3 Å². The zero-order valence-electron chi connectivity index (χ0n) is 12.1. The number of ether oxygens (including phenoxy) is 2. The highest BCUT2D eigenvalue weighted by Crippen LogP contribution is 2.37. The number of rotatable bonds is 3. The van der Waals surface area contributed by atoms with Crippen molar-refractivity contribution >= 4 is 0 Å². The highest BCUT2D eigenvalue weighted by Gasteiger charge is 2.33. The first-order valence-electron chi connectivity index (χ1n) is 7.10. The van der Waals surface area contributed by atoms with E-state index in [1.807, 2.05) is 0 Å². The van der Waals surface area contributed by atoms with Crippen molar-refractivity contribution in [2.24, 2.45) is 0 Å². The van der Waals surface area contributed by atoms with Gasteiger partial charge in [-0.25, -0.2) is 0 Å². The standard InChI is InChI=1S/C16H23NO2/c1-15(2)9-12-5-4-6-13(14(12)19-15)10-17-16(3)7-8-18-11-16/h4-6,17H,7-11H2,1-3H3. The first-order chi connectivity index (χ1) is 8.98. The zero-order chi connectivity index (χ0) is 13.5. The van der Waals surface area contributed by atoms with Gasteiger partial charge in [0.2, 0.25) is 0 Å². The maximum atomic E-state index is 6.10. The summed E-state index contributed by atoms with van der Waals surface area (Å²) >= 11 is 0. The summed E-state index contributed by atoms with van der Waals surface area (Å²) in [5.74, 6) is 1.09. The van der Waals surface area contributed by atoms with E-state index in [0.29, 0.717) is 0 Å². The molecule has 1 aromatic rings. The van der Waals surface area contributed by atoms with Crippen molar-refractivity contribution in [1.82, 2.24) is 5.32 Å². The first kappa shape index (κ1) is 12.9. The van der Waals surface area contributed by atoms with Crippen molar-refractivity contribution < 1.29 is 9.47 Å². The van der Waals surface area contributed by atoms with Gasteiger partial charge in [-0.1, -0.05) is 18.2 Å². The second kappa shape index (κ2) is 4.50. The van der Waals surface area contributed by atoms with E-state index in [9.17, 15) is 0 Å². The third-order valence-electron chi connectivity index (χ3n) is 4.10. The van der Waals surface area contributed by atoms with E-state index in [4.69, 9.17) is 9.47 Å². The van der Waals surface area contributed by atoms with E-state index < -0.39 is 0 Å². The fourth-order valence-electron chi connectivity index (χ4n) is 2.93. The van der Waals surface area contributed by atoms with Gasteiger partial charge >= 0.3 is 0 Å². The molecule has 3 heteroatoms. The van der Waals surface area contributed by atoms with Crippen LogP contribution in [0.25, 0.3) is 0 Å². The predicted octanol–water partition coefficient (Wildman–Crippen LogP) is 2.67. The predicted molar refractivity (Wildman–Crippen MR) is 75.5 cm³/mol.